The second-order valence-electron chi connectivity index (χ2n) is 5.67. The number of benzene rings is 2. The first-order valence-electron chi connectivity index (χ1n) is 8.05. The van der Waals surface area contributed by atoms with Gasteiger partial charge in [0.15, 0.2) is 0 Å². The Hall–Kier alpha value is -3.81. The van der Waals surface area contributed by atoms with Crippen LogP contribution in [0, 0.1) is 10.1 Å². The van der Waals surface area contributed by atoms with Crippen molar-refractivity contribution in [1.82, 2.24) is 9.78 Å². The van der Waals surface area contributed by atoms with Crippen LogP contribution in [0.4, 0.5) is 5.69 Å². The largest absolute Gasteiger partial charge is 0.459 e. The Morgan fingerprint density at radius 2 is 1.85 bits per heavy atom. The van der Waals surface area contributed by atoms with Gasteiger partial charge in [-0.3, -0.25) is 19.7 Å². The number of esters is 1. The fourth-order valence-electron chi connectivity index (χ4n) is 2.40. The Balaban J connectivity index is 1.75. The number of carbonyl (C=O) groups excluding carboxylic acids is 1. The van der Waals surface area contributed by atoms with Crippen molar-refractivity contribution in [2.24, 2.45) is 0 Å². The van der Waals surface area contributed by atoms with Crippen LogP contribution in [0.3, 0.4) is 0 Å². The standard InChI is InChI=1S/C19H15N3O5/c23-18-10-9-17(15-7-4-8-16(11-15)22(25)26)20-21(18)12-19(24)27-13-14-5-2-1-3-6-14/h1-11H,12-13H2. The highest BCUT2D eigenvalue weighted by molar-refractivity contribution is 5.69. The molecule has 0 amide bonds. The van der Waals surface area contributed by atoms with Crippen molar-refractivity contribution in [2.45, 2.75) is 13.2 Å². The summed E-state index contributed by atoms with van der Waals surface area (Å²) in [5, 5.41) is 15.0. The number of rotatable bonds is 6. The van der Waals surface area contributed by atoms with Crippen LogP contribution in [0.25, 0.3) is 11.3 Å². The van der Waals surface area contributed by atoms with Gasteiger partial charge < -0.3 is 4.74 Å². The van der Waals surface area contributed by atoms with Crippen molar-refractivity contribution in [3.8, 4) is 11.3 Å². The number of non-ortho nitro benzene ring substituents is 1. The van der Waals surface area contributed by atoms with Crippen LogP contribution < -0.4 is 5.56 Å². The smallest absolute Gasteiger partial charge is 0.328 e. The maximum Gasteiger partial charge on any atom is 0.328 e. The summed E-state index contributed by atoms with van der Waals surface area (Å²) in [6.45, 7) is -0.257. The Labute approximate surface area is 153 Å². The van der Waals surface area contributed by atoms with E-state index >= 15 is 0 Å². The molecule has 0 aliphatic rings. The molecule has 0 unspecified atom stereocenters. The molecule has 1 heterocycles. The van der Waals surface area contributed by atoms with Gasteiger partial charge in [-0.05, 0) is 11.6 Å². The van der Waals surface area contributed by atoms with Crippen molar-refractivity contribution in [3.05, 3.63) is 92.8 Å². The number of hydrogen-bond acceptors (Lipinski definition) is 6. The van der Waals surface area contributed by atoms with E-state index < -0.39 is 16.5 Å². The average Bonchev–Trinajstić information content (AvgIpc) is 2.69. The molecular formula is C19H15N3O5. The molecule has 2 aromatic carbocycles. The van der Waals surface area contributed by atoms with Gasteiger partial charge >= 0.3 is 5.97 Å². The van der Waals surface area contributed by atoms with Crippen molar-refractivity contribution in [1.29, 1.82) is 0 Å². The summed E-state index contributed by atoms with van der Waals surface area (Å²) in [6, 6.07) is 17.7. The van der Waals surface area contributed by atoms with E-state index in [0.717, 1.165) is 10.2 Å². The summed E-state index contributed by atoms with van der Waals surface area (Å²) in [5.41, 5.74) is 1.08. The Kier molecular flexibility index (Phi) is 5.36. The molecule has 1 aromatic heterocycles. The van der Waals surface area contributed by atoms with Crippen LogP contribution >= 0.6 is 0 Å². The summed E-state index contributed by atoms with van der Waals surface area (Å²) in [5.74, 6) is -0.607. The lowest BCUT2D eigenvalue weighted by Crippen LogP contribution is -2.27. The second-order valence-corrected chi connectivity index (χ2v) is 5.67. The minimum absolute atomic E-state index is 0.0886. The highest BCUT2D eigenvalue weighted by atomic mass is 16.6. The van der Waals surface area contributed by atoms with E-state index in [1.165, 1.54) is 30.3 Å². The minimum atomic E-state index is -0.607. The molecular weight excluding hydrogens is 350 g/mol. The molecule has 0 saturated carbocycles. The Morgan fingerprint density at radius 3 is 2.59 bits per heavy atom. The molecule has 0 saturated heterocycles. The van der Waals surface area contributed by atoms with Gasteiger partial charge in [-0.1, -0.05) is 42.5 Å². The van der Waals surface area contributed by atoms with Crippen LogP contribution in [-0.2, 0) is 22.7 Å². The summed E-state index contributed by atoms with van der Waals surface area (Å²) < 4.78 is 6.13. The minimum Gasteiger partial charge on any atom is -0.459 e. The topological polar surface area (TPSA) is 104 Å². The van der Waals surface area contributed by atoms with Crippen LogP contribution in [0.1, 0.15) is 5.56 Å². The molecule has 0 bridgehead atoms. The third-order valence-electron chi connectivity index (χ3n) is 3.74. The fraction of sp³-hybridized carbons (Fsp3) is 0.105. The summed E-state index contributed by atoms with van der Waals surface area (Å²) in [4.78, 5) is 34.4. The first-order valence-corrected chi connectivity index (χ1v) is 8.05. The molecule has 0 aliphatic heterocycles. The molecule has 0 spiro atoms. The van der Waals surface area contributed by atoms with E-state index in [1.807, 2.05) is 30.3 Å². The molecule has 3 rings (SSSR count). The highest BCUT2D eigenvalue weighted by Crippen LogP contribution is 2.21. The zero-order valence-electron chi connectivity index (χ0n) is 14.1. The monoisotopic (exact) mass is 365 g/mol. The molecule has 0 fully saturated rings. The number of aromatic nitrogens is 2. The second kappa shape index (κ2) is 8.05. The zero-order chi connectivity index (χ0) is 19.2. The van der Waals surface area contributed by atoms with Crippen molar-refractivity contribution in [2.75, 3.05) is 0 Å². The number of nitro benzene ring substituents is 1. The van der Waals surface area contributed by atoms with Crippen molar-refractivity contribution < 1.29 is 14.5 Å². The van der Waals surface area contributed by atoms with Gasteiger partial charge in [-0.2, -0.15) is 5.10 Å². The zero-order valence-corrected chi connectivity index (χ0v) is 14.1. The molecule has 3 aromatic rings. The first-order chi connectivity index (χ1) is 13.0. The number of nitro groups is 1. The number of carbonyl (C=O) groups is 1. The van der Waals surface area contributed by atoms with E-state index in [-0.39, 0.29) is 18.8 Å². The first kappa shape index (κ1) is 18.0. The van der Waals surface area contributed by atoms with Crippen LogP contribution in [0.2, 0.25) is 0 Å². The summed E-state index contributed by atoms with van der Waals surface area (Å²) in [6.07, 6.45) is 0. The predicted molar refractivity (Wildman–Crippen MR) is 96.8 cm³/mol. The van der Waals surface area contributed by atoms with E-state index in [9.17, 15) is 19.7 Å². The van der Waals surface area contributed by atoms with Gasteiger partial charge in [0.2, 0.25) is 0 Å². The quantitative estimate of drug-likeness (QED) is 0.378. The molecule has 0 N–H and O–H groups in total. The van der Waals surface area contributed by atoms with E-state index in [2.05, 4.69) is 5.10 Å². The lowest BCUT2D eigenvalue weighted by Gasteiger charge is -2.08. The lowest BCUT2D eigenvalue weighted by molar-refractivity contribution is -0.384. The normalized spacial score (nSPS) is 10.4. The Morgan fingerprint density at radius 1 is 1.07 bits per heavy atom. The molecule has 136 valence electrons. The Bertz CT molecular complexity index is 1030. The number of hydrogen-bond donors (Lipinski definition) is 0. The van der Waals surface area contributed by atoms with Gasteiger partial charge in [-0.15, -0.1) is 0 Å². The maximum atomic E-state index is 12.0. The van der Waals surface area contributed by atoms with E-state index in [1.54, 1.807) is 6.07 Å². The number of ether oxygens (including phenoxy) is 1. The molecule has 27 heavy (non-hydrogen) atoms. The van der Waals surface area contributed by atoms with Gasteiger partial charge in [0.25, 0.3) is 11.2 Å². The maximum absolute atomic E-state index is 12.0. The number of nitrogens with zero attached hydrogens (tertiary/aromatic N) is 3. The summed E-state index contributed by atoms with van der Waals surface area (Å²) >= 11 is 0. The predicted octanol–water partition coefficient (Wildman–Crippen LogP) is 2.56. The van der Waals surface area contributed by atoms with Crippen molar-refractivity contribution >= 4 is 11.7 Å². The van der Waals surface area contributed by atoms with Crippen LogP contribution in [0.5, 0.6) is 0 Å². The SMILES string of the molecule is O=C(Cn1nc(-c2cccc([N+](=O)[O-])c2)ccc1=O)OCc1ccccc1. The molecule has 8 heteroatoms. The van der Waals surface area contributed by atoms with Gasteiger partial charge in [-0.25, -0.2) is 4.68 Å². The van der Waals surface area contributed by atoms with E-state index in [4.69, 9.17) is 4.74 Å². The van der Waals surface area contributed by atoms with Gasteiger partial charge in [0.1, 0.15) is 13.2 Å². The van der Waals surface area contributed by atoms with Crippen LogP contribution in [0.15, 0.2) is 71.5 Å². The third-order valence-corrected chi connectivity index (χ3v) is 3.74. The van der Waals surface area contributed by atoms with Crippen LogP contribution in [-0.4, -0.2) is 20.7 Å². The molecule has 8 nitrogen and oxygen atoms in total. The summed E-state index contributed by atoms with van der Waals surface area (Å²) in [7, 11) is 0. The molecule has 0 radical (unpaired) electrons. The third kappa shape index (κ3) is 4.63. The molecule has 0 atom stereocenters. The molecule has 0 aliphatic carbocycles. The van der Waals surface area contributed by atoms with Gasteiger partial charge in [0.05, 0.1) is 10.6 Å². The van der Waals surface area contributed by atoms with Crippen molar-refractivity contribution in [3.63, 3.8) is 0 Å². The average molecular weight is 365 g/mol. The highest BCUT2D eigenvalue weighted by Gasteiger charge is 2.12. The van der Waals surface area contributed by atoms with Gasteiger partial charge in [0, 0.05) is 23.8 Å². The fourth-order valence-corrected chi connectivity index (χ4v) is 2.40. The lowest BCUT2D eigenvalue weighted by atomic mass is 10.1. The van der Waals surface area contributed by atoms with E-state index in [0.29, 0.717) is 11.3 Å².